The highest BCUT2D eigenvalue weighted by Crippen LogP contribution is 2.33. The summed E-state index contributed by atoms with van der Waals surface area (Å²) >= 11 is 0. The molecule has 2 aromatic rings. The van der Waals surface area contributed by atoms with Gasteiger partial charge in [0.25, 0.3) is 5.91 Å². The van der Waals surface area contributed by atoms with Crippen LogP contribution in [0.25, 0.3) is 11.3 Å². The molecule has 2 fully saturated rings. The molecular weight excluding hydrogens is 387 g/mol. The van der Waals surface area contributed by atoms with E-state index in [2.05, 4.69) is 23.7 Å². The second-order valence-corrected chi connectivity index (χ2v) is 9.61. The van der Waals surface area contributed by atoms with Gasteiger partial charge < -0.3 is 9.88 Å². The van der Waals surface area contributed by atoms with Crippen LogP contribution in [0.2, 0.25) is 0 Å². The molecule has 1 aromatic carbocycles. The molecule has 1 aromatic heterocycles. The van der Waals surface area contributed by atoms with Crippen LogP contribution in [-0.2, 0) is 13.0 Å². The topological polar surface area (TPSA) is 34.0 Å². The number of nitrogens with zero attached hydrogens (tertiary/aromatic N) is 1. The fraction of sp³-hybridized carbons (Fsp3) is 0.593. The van der Waals surface area contributed by atoms with Crippen molar-refractivity contribution in [3.8, 4) is 11.3 Å². The molecule has 4 heteroatoms. The summed E-state index contributed by atoms with van der Waals surface area (Å²) in [5, 5.41) is 3.29. The Balaban J connectivity index is 1.70. The molecule has 0 spiro atoms. The zero-order chi connectivity index (χ0) is 21.8. The van der Waals surface area contributed by atoms with Gasteiger partial charge in [0.05, 0.1) is 5.56 Å². The summed E-state index contributed by atoms with van der Waals surface area (Å²) in [5.41, 5.74) is 4.82. The summed E-state index contributed by atoms with van der Waals surface area (Å²) in [6, 6.07) is 7.38. The highest BCUT2D eigenvalue weighted by Gasteiger charge is 2.25. The number of halogens is 1. The van der Waals surface area contributed by atoms with E-state index in [0.717, 1.165) is 53.9 Å². The Morgan fingerprint density at radius 1 is 1.03 bits per heavy atom. The van der Waals surface area contributed by atoms with Crippen molar-refractivity contribution in [2.45, 2.75) is 97.1 Å². The summed E-state index contributed by atoms with van der Waals surface area (Å²) in [6.07, 6.45) is 13.0. The Morgan fingerprint density at radius 3 is 2.39 bits per heavy atom. The minimum atomic E-state index is -0.219. The van der Waals surface area contributed by atoms with Crippen LogP contribution in [-0.4, -0.2) is 16.5 Å². The van der Waals surface area contributed by atoms with Gasteiger partial charge in [-0.25, -0.2) is 4.39 Å². The second kappa shape index (κ2) is 10.0. The molecule has 2 aliphatic rings. The van der Waals surface area contributed by atoms with E-state index in [1.165, 1.54) is 51.4 Å². The van der Waals surface area contributed by atoms with E-state index in [1.807, 2.05) is 12.1 Å². The lowest BCUT2D eigenvalue weighted by molar-refractivity contribution is 0.0927. The normalized spacial score (nSPS) is 18.3. The Hall–Kier alpha value is -2.10. The van der Waals surface area contributed by atoms with E-state index in [4.69, 9.17) is 0 Å². The summed E-state index contributed by atoms with van der Waals surface area (Å²) in [5.74, 6) is 0.442. The molecule has 0 atom stereocenters. The van der Waals surface area contributed by atoms with Crippen molar-refractivity contribution in [3.63, 3.8) is 0 Å². The smallest absolute Gasteiger partial charge is 0.253 e. The first kappa shape index (κ1) is 22.1. The molecule has 1 heterocycles. The molecule has 1 amide bonds. The first-order valence-corrected chi connectivity index (χ1v) is 12.4. The van der Waals surface area contributed by atoms with Gasteiger partial charge in [0.1, 0.15) is 5.82 Å². The highest BCUT2D eigenvalue weighted by molar-refractivity contribution is 5.97. The van der Waals surface area contributed by atoms with Crippen LogP contribution in [0.5, 0.6) is 0 Å². The average molecular weight is 425 g/mol. The van der Waals surface area contributed by atoms with Crippen molar-refractivity contribution >= 4 is 5.91 Å². The zero-order valence-corrected chi connectivity index (χ0v) is 19.2. The van der Waals surface area contributed by atoms with Crippen molar-refractivity contribution in [1.82, 2.24) is 9.88 Å². The van der Waals surface area contributed by atoms with Gasteiger partial charge in [0.2, 0.25) is 0 Å². The predicted molar refractivity (Wildman–Crippen MR) is 125 cm³/mol. The Morgan fingerprint density at radius 2 is 1.71 bits per heavy atom. The number of amides is 1. The molecule has 0 aliphatic heterocycles. The van der Waals surface area contributed by atoms with E-state index in [0.29, 0.717) is 5.92 Å². The fourth-order valence-corrected chi connectivity index (χ4v) is 5.57. The van der Waals surface area contributed by atoms with Crippen LogP contribution in [0, 0.1) is 18.7 Å². The molecule has 31 heavy (non-hydrogen) atoms. The molecular formula is C27H37FN2O. The predicted octanol–water partition coefficient (Wildman–Crippen LogP) is 6.81. The number of benzene rings is 1. The maximum absolute atomic E-state index is 14.2. The van der Waals surface area contributed by atoms with E-state index in [-0.39, 0.29) is 17.8 Å². The van der Waals surface area contributed by atoms with Crippen molar-refractivity contribution in [3.05, 3.63) is 46.9 Å². The summed E-state index contributed by atoms with van der Waals surface area (Å²) in [6.45, 7) is 5.08. The lowest BCUT2D eigenvalue weighted by Crippen LogP contribution is -2.36. The molecule has 1 N–H and O–H groups in total. The van der Waals surface area contributed by atoms with Crippen molar-refractivity contribution < 1.29 is 9.18 Å². The van der Waals surface area contributed by atoms with Crippen molar-refractivity contribution in [1.29, 1.82) is 0 Å². The van der Waals surface area contributed by atoms with Gasteiger partial charge in [-0.3, -0.25) is 4.79 Å². The lowest BCUT2D eigenvalue weighted by Gasteiger charge is -2.25. The number of carbonyl (C=O) groups is 1. The van der Waals surface area contributed by atoms with Crippen LogP contribution in [0.1, 0.15) is 92.7 Å². The lowest BCUT2D eigenvalue weighted by atomic mass is 9.89. The van der Waals surface area contributed by atoms with Gasteiger partial charge >= 0.3 is 0 Å². The summed E-state index contributed by atoms with van der Waals surface area (Å²) < 4.78 is 16.6. The number of aryl methyl sites for hydroxylation is 1. The number of hydrogen-bond acceptors (Lipinski definition) is 1. The third-order valence-corrected chi connectivity index (χ3v) is 7.45. The first-order valence-electron chi connectivity index (χ1n) is 12.4. The summed E-state index contributed by atoms with van der Waals surface area (Å²) in [4.78, 5) is 13.2. The van der Waals surface area contributed by atoms with Crippen LogP contribution >= 0.6 is 0 Å². The van der Waals surface area contributed by atoms with E-state index < -0.39 is 0 Å². The van der Waals surface area contributed by atoms with Gasteiger partial charge in [-0.2, -0.15) is 0 Å². The van der Waals surface area contributed by atoms with Crippen LogP contribution in [0.3, 0.4) is 0 Å². The number of aromatic nitrogens is 1. The van der Waals surface area contributed by atoms with Gasteiger partial charge in [-0.05, 0) is 68.7 Å². The molecule has 2 saturated carbocycles. The van der Waals surface area contributed by atoms with E-state index in [9.17, 15) is 9.18 Å². The third kappa shape index (κ3) is 5.05. The molecule has 0 bridgehead atoms. The van der Waals surface area contributed by atoms with Crippen LogP contribution in [0.15, 0.2) is 24.3 Å². The molecule has 168 valence electrons. The van der Waals surface area contributed by atoms with Gasteiger partial charge in [-0.1, -0.05) is 51.5 Å². The number of hydrogen-bond donors (Lipinski definition) is 1. The SMILES string of the molecule is CCc1ccc(F)cc1-c1cc(C(=O)NC2CCCCC2)c(C)n1CC1CCCCC1. The number of carbonyl (C=O) groups excluding carboxylic acids is 1. The molecule has 4 rings (SSSR count). The number of nitrogens with one attached hydrogen (secondary N) is 1. The van der Waals surface area contributed by atoms with E-state index in [1.54, 1.807) is 12.1 Å². The molecule has 0 unspecified atom stereocenters. The third-order valence-electron chi connectivity index (χ3n) is 7.45. The zero-order valence-electron chi connectivity index (χ0n) is 19.2. The first-order chi connectivity index (χ1) is 15.1. The minimum absolute atomic E-state index is 0.0301. The maximum Gasteiger partial charge on any atom is 0.253 e. The van der Waals surface area contributed by atoms with Gasteiger partial charge in [0, 0.05) is 29.5 Å². The molecule has 0 saturated heterocycles. The summed E-state index contributed by atoms with van der Waals surface area (Å²) in [7, 11) is 0. The largest absolute Gasteiger partial charge is 0.349 e. The minimum Gasteiger partial charge on any atom is -0.349 e. The molecule has 0 radical (unpaired) electrons. The van der Waals surface area contributed by atoms with Crippen LogP contribution in [0.4, 0.5) is 4.39 Å². The van der Waals surface area contributed by atoms with Crippen LogP contribution < -0.4 is 5.32 Å². The Labute approximate surface area is 186 Å². The second-order valence-electron chi connectivity index (χ2n) is 9.61. The maximum atomic E-state index is 14.2. The van der Waals surface area contributed by atoms with Crippen molar-refractivity contribution in [2.75, 3.05) is 0 Å². The van der Waals surface area contributed by atoms with Gasteiger partial charge in [-0.15, -0.1) is 0 Å². The molecule has 2 aliphatic carbocycles. The van der Waals surface area contributed by atoms with E-state index >= 15 is 0 Å². The monoisotopic (exact) mass is 424 g/mol. The standard InChI is InChI=1S/C27H37FN2O/c1-3-21-14-15-22(28)16-25(21)26-17-24(27(31)29-23-12-8-5-9-13-23)19(2)30(26)18-20-10-6-4-7-11-20/h14-17,20,23H,3-13,18H2,1-2H3,(H,29,31). The van der Waals surface area contributed by atoms with Gasteiger partial charge in [0.15, 0.2) is 0 Å². The Bertz CT molecular complexity index is 904. The average Bonchev–Trinajstić information content (AvgIpc) is 3.11. The fourth-order valence-electron chi connectivity index (χ4n) is 5.57. The number of rotatable bonds is 6. The Kier molecular flexibility index (Phi) is 7.14. The molecule has 3 nitrogen and oxygen atoms in total. The van der Waals surface area contributed by atoms with Crippen molar-refractivity contribution in [2.24, 2.45) is 5.92 Å². The highest BCUT2D eigenvalue weighted by atomic mass is 19.1. The quantitative estimate of drug-likeness (QED) is 0.543.